The number of esters is 1. The number of ether oxygens (including phenoxy) is 1. The molecule has 2 N–H and O–H groups in total. The molecule has 33 heavy (non-hydrogen) atoms. The molecular weight excluding hydrogens is 441 g/mol. The predicted molar refractivity (Wildman–Crippen MR) is 111 cm³/mol. The zero-order valence-corrected chi connectivity index (χ0v) is 18.0. The van der Waals surface area contributed by atoms with E-state index < -0.39 is 23.3 Å². The van der Waals surface area contributed by atoms with Crippen LogP contribution in [0.4, 0.5) is 13.2 Å². The number of aromatic nitrogens is 2. The van der Waals surface area contributed by atoms with Crippen LogP contribution in [-0.2, 0) is 20.5 Å². The molecule has 3 rings (SSSR count). The number of carbonyl (C=O) groups excluding carboxylic acids is 3. The molecule has 0 aliphatic heterocycles. The average molecular weight is 466 g/mol. The zero-order valence-electron chi connectivity index (χ0n) is 18.0. The Hall–Kier alpha value is -3.37. The van der Waals surface area contributed by atoms with Gasteiger partial charge in [0.05, 0.1) is 24.3 Å². The van der Waals surface area contributed by atoms with Crippen LogP contribution in [0, 0.1) is 11.8 Å². The number of halogens is 3. The van der Waals surface area contributed by atoms with Gasteiger partial charge in [-0.05, 0) is 37.8 Å². The van der Waals surface area contributed by atoms with Gasteiger partial charge in [0.25, 0.3) is 5.91 Å². The molecule has 0 spiro atoms. The first-order valence-electron chi connectivity index (χ1n) is 10.6. The third kappa shape index (κ3) is 6.11. The van der Waals surface area contributed by atoms with Crippen molar-refractivity contribution in [2.45, 2.75) is 31.9 Å². The van der Waals surface area contributed by atoms with Gasteiger partial charge in [-0.3, -0.25) is 14.4 Å². The van der Waals surface area contributed by atoms with E-state index in [1.165, 1.54) is 7.11 Å². The van der Waals surface area contributed by atoms with Crippen molar-refractivity contribution < 1.29 is 32.3 Å². The first-order chi connectivity index (χ1) is 15.7. The number of benzene rings is 1. The Morgan fingerprint density at radius 3 is 2.24 bits per heavy atom. The topological polar surface area (TPSA) is 102 Å². The summed E-state index contributed by atoms with van der Waals surface area (Å²) >= 11 is 0. The summed E-state index contributed by atoms with van der Waals surface area (Å²) in [5.74, 6) is -1.86. The van der Waals surface area contributed by atoms with Gasteiger partial charge in [0.2, 0.25) is 5.91 Å². The summed E-state index contributed by atoms with van der Waals surface area (Å²) in [7, 11) is 1.33. The molecule has 0 bridgehead atoms. The number of nitrogens with zero attached hydrogens (tertiary/aromatic N) is 2. The van der Waals surface area contributed by atoms with Crippen molar-refractivity contribution in [3.63, 3.8) is 0 Å². The quantitative estimate of drug-likeness (QED) is 0.483. The number of alkyl halides is 3. The van der Waals surface area contributed by atoms with Crippen molar-refractivity contribution in [2.75, 3.05) is 20.2 Å². The Kier molecular flexibility index (Phi) is 7.72. The molecule has 0 unspecified atom stereocenters. The van der Waals surface area contributed by atoms with Gasteiger partial charge in [-0.2, -0.15) is 18.3 Å². The number of amides is 2. The van der Waals surface area contributed by atoms with Crippen LogP contribution in [0.2, 0.25) is 0 Å². The second kappa shape index (κ2) is 10.5. The highest BCUT2D eigenvalue weighted by molar-refractivity contribution is 5.95. The van der Waals surface area contributed by atoms with Crippen molar-refractivity contribution >= 4 is 17.8 Å². The van der Waals surface area contributed by atoms with E-state index >= 15 is 0 Å². The highest BCUT2D eigenvalue weighted by atomic mass is 19.4. The van der Waals surface area contributed by atoms with Gasteiger partial charge in [0.15, 0.2) is 5.69 Å². The summed E-state index contributed by atoms with van der Waals surface area (Å²) in [4.78, 5) is 36.3. The number of rotatable bonds is 7. The lowest BCUT2D eigenvalue weighted by atomic mass is 9.81. The van der Waals surface area contributed by atoms with Gasteiger partial charge in [-0.15, -0.1) is 0 Å². The van der Waals surface area contributed by atoms with Crippen molar-refractivity contribution in [3.05, 3.63) is 47.8 Å². The first-order valence-corrected chi connectivity index (χ1v) is 10.6. The molecule has 1 aliphatic carbocycles. The van der Waals surface area contributed by atoms with Gasteiger partial charge in [-0.1, -0.05) is 18.2 Å². The highest BCUT2D eigenvalue weighted by Gasteiger charge is 2.39. The lowest BCUT2D eigenvalue weighted by Gasteiger charge is -2.26. The molecule has 8 nitrogen and oxygen atoms in total. The fourth-order valence-electron chi connectivity index (χ4n) is 3.82. The molecule has 2 amide bonds. The number of hydrogen-bond acceptors (Lipinski definition) is 5. The van der Waals surface area contributed by atoms with Crippen molar-refractivity contribution in [3.8, 4) is 5.69 Å². The Bertz CT molecular complexity index is 983. The minimum absolute atomic E-state index is 0.0457. The van der Waals surface area contributed by atoms with Crippen molar-refractivity contribution in [1.82, 2.24) is 20.4 Å². The molecule has 1 heterocycles. The maximum atomic E-state index is 13.4. The maximum absolute atomic E-state index is 13.4. The standard InChI is InChI=1S/C22H25F3N4O4/c1-33-21(32)15-9-7-14(8-10-15)19(30)26-11-12-27-20(31)17-13-29(16-5-3-2-4-6-16)28-18(17)22(23,24)25/h2-6,13-15H,7-12H2,1H3,(H,26,30)(H,27,31)/t14-,15-. The van der Waals surface area contributed by atoms with Crippen LogP contribution >= 0.6 is 0 Å². The van der Waals surface area contributed by atoms with Gasteiger partial charge in [-0.25, -0.2) is 4.68 Å². The van der Waals surface area contributed by atoms with E-state index in [0.29, 0.717) is 31.4 Å². The van der Waals surface area contributed by atoms with E-state index in [1.807, 2.05) is 0 Å². The summed E-state index contributed by atoms with van der Waals surface area (Å²) in [5.41, 5.74) is -1.50. The fraction of sp³-hybridized carbons (Fsp3) is 0.455. The lowest BCUT2D eigenvalue weighted by Crippen LogP contribution is -2.39. The molecule has 11 heteroatoms. The van der Waals surface area contributed by atoms with Gasteiger partial charge in [0.1, 0.15) is 0 Å². The predicted octanol–water partition coefficient (Wildman–Crippen LogP) is 2.72. The Labute approximate surface area is 188 Å². The van der Waals surface area contributed by atoms with Crippen LogP contribution in [0.1, 0.15) is 41.7 Å². The number of methoxy groups -OCH3 is 1. The number of carbonyl (C=O) groups is 3. The number of para-hydroxylation sites is 1. The van der Waals surface area contributed by atoms with Gasteiger partial charge < -0.3 is 15.4 Å². The maximum Gasteiger partial charge on any atom is 0.435 e. The summed E-state index contributed by atoms with van der Waals surface area (Å²) < 4.78 is 45.9. The minimum atomic E-state index is -4.80. The molecule has 1 saturated carbocycles. The van der Waals surface area contributed by atoms with Crippen molar-refractivity contribution in [1.29, 1.82) is 0 Å². The molecule has 178 valence electrons. The lowest BCUT2D eigenvalue weighted by molar-refractivity contribution is -0.147. The second-order valence-corrected chi connectivity index (χ2v) is 7.79. The Morgan fingerprint density at radius 2 is 1.64 bits per heavy atom. The number of nitrogens with one attached hydrogen (secondary N) is 2. The summed E-state index contributed by atoms with van der Waals surface area (Å²) in [6.45, 7) is 0.0194. The molecule has 2 aromatic rings. The zero-order chi connectivity index (χ0) is 24.0. The van der Waals surface area contributed by atoms with Crippen LogP contribution in [0.3, 0.4) is 0 Å². The monoisotopic (exact) mass is 466 g/mol. The normalized spacial score (nSPS) is 18.4. The van der Waals surface area contributed by atoms with E-state index in [9.17, 15) is 27.6 Å². The Morgan fingerprint density at radius 1 is 1.03 bits per heavy atom. The van der Waals surface area contributed by atoms with E-state index in [4.69, 9.17) is 4.74 Å². The third-order valence-corrected chi connectivity index (χ3v) is 5.59. The van der Waals surface area contributed by atoms with Gasteiger partial charge >= 0.3 is 12.1 Å². The number of hydrogen-bond donors (Lipinski definition) is 2. The first kappa shape index (κ1) is 24.3. The van der Waals surface area contributed by atoms with Crippen molar-refractivity contribution in [2.24, 2.45) is 11.8 Å². The molecule has 1 fully saturated rings. The largest absolute Gasteiger partial charge is 0.469 e. The summed E-state index contributed by atoms with van der Waals surface area (Å²) in [5, 5.41) is 8.62. The van der Waals surface area contributed by atoms with E-state index in [1.54, 1.807) is 30.3 Å². The van der Waals surface area contributed by atoms with Crippen LogP contribution in [0.5, 0.6) is 0 Å². The summed E-state index contributed by atoms with van der Waals surface area (Å²) in [6, 6.07) is 8.15. The third-order valence-electron chi connectivity index (χ3n) is 5.59. The van der Waals surface area contributed by atoms with E-state index in [0.717, 1.165) is 10.9 Å². The molecule has 0 radical (unpaired) electrons. The van der Waals surface area contributed by atoms with Crippen LogP contribution < -0.4 is 10.6 Å². The SMILES string of the molecule is COC(=O)[C@H]1CC[C@H](C(=O)NCCNC(=O)c2cn(-c3ccccc3)nc2C(F)(F)F)CC1. The fourth-order valence-corrected chi connectivity index (χ4v) is 3.82. The summed E-state index contributed by atoms with van der Waals surface area (Å²) in [6.07, 6.45) is -1.55. The van der Waals surface area contributed by atoms with Crippen LogP contribution in [-0.4, -0.2) is 47.8 Å². The second-order valence-electron chi connectivity index (χ2n) is 7.79. The minimum Gasteiger partial charge on any atom is -0.469 e. The Balaban J connectivity index is 1.52. The molecule has 0 saturated heterocycles. The molecule has 0 atom stereocenters. The van der Waals surface area contributed by atoms with Crippen LogP contribution in [0.15, 0.2) is 36.5 Å². The molecular formula is C22H25F3N4O4. The van der Waals surface area contributed by atoms with Gasteiger partial charge in [0, 0.05) is 25.2 Å². The van der Waals surface area contributed by atoms with E-state index in [2.05, 4.69) is 15.7 Å². The molecule has 1 aliphatic rings. The average Bonchev–Trinajstić information content (AvgIpc) is 3.28. The van der Waals surface area contributed by atoms with Crippen LogP contribution in [0.25, 0.3) is 5.69 Å². The molecule has 1 aromatic carbocycles. The van der Waals surface area contributed by atoms with E-state index in [-0.39, 0.29) is 36.8 Å². The smallest absolute Gasteiger partial charge is 0.435 e. The molecule has 1 aromatic heterocycles. The highest BCUT2D eigenvalue weighted by Crippen LogP contribution is 2.31.